The van der Waals surface area contributed by atoms with Gasteiger partial charge in [-0.3, -0.25) is 4.79 Å². The number of carbonyl (C=O) groups excluding carboxylic acids is 1. The first-order chi connectivity index (χ1) is 6.13. The molecule has 1 N–H and O–H groups in total. The third-order valence-corrected chi connectivity index (χ3v) is 2.84. The summed E-state index contributed by atoms with van der Waals surface area (Å²) in [4.78, 5) is 11.0. The first-order valence-electron chi connectivity index (χ1n) is 3.78. The van der Waals surface area contributed by atoms with E-state index in [0.717, 1.165) is 10.0 Å². The second-order valence-electron chi connectivity index (χ2n) is 2.60. The first kappa shape index (κ1) is 10.5. The molecule has 0 radical (unpaired) electrons. The van der Waals surface area contributed by atoms with Crippen LogP contribution in [0.4, 0.5) is 0 Å². The highest BCUT2D eigenvalue weighted by molar-refractivity contribution is 9.10. The molecule has 0 aliphatic carbocycles. The Labute approximate surface area is 90.4 Å². The lowest BCUT2D eigenvalue weighted by atomic mass is 10.1. The largest absolute Gasteiger partial charge is 0.359 e. The van der Waals surface area contributed by atoms with Gasteiger partial charge in [-0.1, -0.05) is 17.7 Å². The molecule has 0 saturated heterocycles. The molecule has 0 aliphatic heterocycles. The summed E-state index contributed by atoms with van der Waals surface area (Å²) in [6, 6.07) is 5.45. The molecule has 0 aliphatic rings. The second-order valence-corrected chi connectivity index (χ2v) is 3.86. The van der Waals surface area contributed by atoms with Crippen molar-refractivity contribution in [2.75, 3.05) is 7.05 Å². The average molecular weight is 263 g/mol. The summed E-state index contributed by atoms with van der Waals surface area (Å²) < 4.78 is 0.815. The number of likely N-dealkylation sites (N-methyl/N-ethyl adjacent to an activating group) is 1. The van der Waals surface area contributed by atoms with Crippen LogP contribution in [0.2, 0.25) is 5.02 Å². The van der Waals surface area contributed by atoms with Gasteiger partial charge in [0.05, 0.1) is 11.4 Å². The Morgan fingerprint density at radius 3 is 2.85 bits per heavy atom. The number of rotatable bonds is 2. The lowest BCUT2D eigenvalue weighted by Crippen LogP contribution is -2.19. The standard InChI is InChI=1S/C9H9BrClNO/c1-12-9(13)5-6-2-3-8(11)7(10)4-6/h2-4H,5H2,1H3,(H,12,13). The normalized spacial score (nSPS) is 9.77. The fourth-order valence-electron chi connectivity index (χ4n) is 0.923. The van der Waals surface area contributed by atoms with Gasteiger partial charge in [0.1, 0.15) is 0 Å². The molecule has 0 aromatic heterocycles. The van der Waals surface area contributed by atoms with Gasteiger partial charge >= 0.3 is 0 Å². The van der Waals surface area contributed by atoms with Crippen molar-refractivity contribution in [3.63, 3.8) is 0 Å². The van der Waals surface area contributed by atoms with Gasteiger partial charge in [0.15, 0.2) is 0 Å². The highest BCUT2D eigenvalue weighted by atomic mass is 79.9. The Balaban J connectivity index is 2.79. The molecule has 0 heterocycles. The molecule has 0 bridgehead atoms. The summed E-state index contributed by atoms with van der Waals surface area (Å²) in [5.74, 6) is -0.00535. The quantitative estimate of drug-likeness (QED) is 0.871. The van der Waals surface area contributed by atoms with Gasteiger partial charge in [0.2, 0.25) is 5.91 Å². The van der Waals surface area contributed by atoms with Crippen LogP contribution < -0.4 is 5.32 Å². The van der Waals surface area contributed by atoms with Crippen molar-refractivity contribution in [3.05, 3.63) is 33.3 Å². The van der Waals surface area contributed by atoms with E-state index in [0.29, 0.717) is 11.4 Å². The Morgan fingerprint density at radius 1 is 1.62 bits per heavy atom. The van der Waals surface area contributed by atoms with E-state index in [2.05, 4.69) is 21.2 Å². The molecule has 70 valence electrons. The molecule has 0 atom stereocenters. The van der Waals surface area contributed by atoms with Gasteiger partial charge in [-0.2, -0.15) is 0 Å². The molecule has 1 aromatic carbocycles. The Hall–Kier alpha value is -0.540. The minimum Gasteiger partial charge on any atom is -0.359 e. The van der Waals surface area contributed by atoms with Crippen LogP contribution >= 0.6 is 27.5 Å². The van der Waals surface area contributed by atoms with Gasteiger partial charge in [0, 0.05) is 11.5 Å². The van der Waals surface area contributed by atoms with Gasteiger partial charge in [0.25, 0.3) is 0 Å². The maximum Gasteiger partial charge on any atom is 0.224 e. The molecule has 0 fully saturated rings. The monoisotopic (exact) mass is 261 g/mol. The molecular formula is C9H9BrClNO. The predicted molar refractivity (Wildman–Crippen MR) is 56.9 cm³/mol. The summed E-state index contributed by atoms with van der Waals surface area (Å²) in [6.07, 6.45) is 0.381. The SMILES string of the molecule is CNC(=O)Cc1ccc(Cl)c(Br)c1. The van der Waals surface area contributed by atoms with Crippen molar-refractivity contribution in [2.24, 2.45) is 0 Å². The van der Waals surface area contributed by atoms with Crippen LogP contribution in [0.15, 0.2) is 22.7 Å². The smallest absolute Gasteiger partial charge is 0.224 e. The van der Waals surface area contributed by atoms with Crippen LogP contribution in [0.1, 0.15) is 5.56 Å². The Bertz CT molecular complexity index is 327. The van der Waals surface area contributed by atoms with E-state index in [-0.39, 0.29) is 5.91 Å². The Kier molecular flexibility index (Phi) is 3.75. The van der Waals surface area contributed by atoms with Crippen molar-refractivity contribution < 1.29 is 4.79 Å². The zero-order valence-corrected chi connectivity index (χ0v) is 9.45. The summed E-state index contributed by atoms with van der Waals surface area (Å²) in [5, 5.41) is 3.21. The van der Waals surface area contributed by atoms with Crippen molar-refractivity contribution in [3.8, 4) is 0 Å². The third kappa shape index (κ3) is 3.01. The lowest BCUT2D eigenvalue weighted by molar-refractivity contribution is -0.119. The van der Waals surface area contributed by atoms with Gasteiger partial charge in [-0.25, -0.2) is 0 Å². The minimum absolute atomic E-state index is 0.00535. The molecule has 1 amide bonds. The van der Waals surface area contributed by atoms with Crippen LogP contribution in [0.3, 0.4) is 0 Å². The topological polar surface area (TPSA) is 29.1 Å². The second kappa shape index (κ2) is 4.63. The van der Waals surface area contributed by atoms with Crippen LogP contribution in [-0.4, -0.2) is 13.0 Å². The fourth-order valence-corrected chi connectivity index (χ4v) is 1.47. The maximum atomic E-state index is 11.0. The van der Waals surface area contributed by atoms with Gasteiger partial charge < -0.3 is 5.32 Å². The molecule has 4 heteroatoms. The van der Waals surface area contributed by atoms with E-state index in [1.165, 1.54) is 0 Å². The van der Waals surface area contributed by atoms with Crippen molar-refractivity contribution in [2.45, 2.75) is 6.42 Å². The van der Waals surface area contributed by atoms with E-state index in [4.69, 9.17) is 11.6 Å². The number of hydrogen-bond acceptors (Lipinski definition) is 1. The van der Waals surface area contributed by atoms with Crippen LogP contribution in [0, 0.1) is 0 Å². The molecule has 0 saturated carbocycles. The van der Waals surface area contributed by atoms with Crippen molar-refractivity contribution in [1.82, 2.24) is 5.32 Å². The average Bonchev–Trinajstić information content (AvgIpc) is 2.11. The molecule has 13 heavy (non-hydrogen) atoms. The van der Waals surface area contributed by atoms with E-state index in [1.54, 1.807) is 13.1 Å². The number of carbonyl (C=O) groups is 1. The predicted octanol–water partition coefficient (Wildman–Crippen LogP) is 2.39. The first-order valence-corrected chi connectivity index (χ1v) is 4.95. The van der Waals surface area contributed by atoms with E-state index >= 15 is 0 Å². The fraction of sp³-hybridized carbons (Fsp3) is 0.222. The zero-order valence-electron chi connectivity index (χ0n) is 7.10. The highest BCUT2D eigenvalue weighted by Crippen LogP contribution is 2.23. The third-order valence-electron chi connectivity index (χ3n) is 1.63. The van der Waals surface area contributed by atoms with E-state index in [1.807, 2.05) is 12.1 Å². The van der Waals surface area contributed by atoms with E-state index < -0.39 is 0 Å². The summed E-state index contributed by atoms with van der Waals surface area (Å²) in [7, 11) is 1.62. The van der Waals surface area contributed by atoms with Gasteiger partial charge in [-0.15, -0.1) is 0 Å². The number of benzene rings is 1. The zero-order chi connectivity index (χ0) is 9.84. The number of amides is 1. The number of hydrogen-bond donors (Lipinski definition) is 1. The van der Waals surface area contributed by atoms with Crippen LogP contribution in [0.25, 0.3) is 0 Å². The van der Waals surface area contributed by atoms with E-state index in [9.17, 15) is 4.79 Å². The van der Waals surface area contributed by atoms with Crippen LogP contribution in [0.5, 0.6) is 0 Å². The molecule has 2 nitrogen and oxygen atoms in total. The lowest BCUT2D eigenvalue weighted by Gasteiger charge is -2.01. The summed E-state index contributed by atoms with van der Waals surface area (Å²) in [5.41, 5.74) is 0.940. The minimum atomic E-state index is -0.00535. The highest BCUT2D eigenvalue weighted by Gasteiger charge is 2.02. The molecule has 0 spiro atoms. The van der Waals surface area contributed by atoms with Crippen LogP contribution in [-0.2, 0) is 11.2 Å². The molecular weight excluding hydrogens is 253 g/mol. The number of nitrogens with one attached hydrogen (secondary N) is 1. The number of halogens is 2. The van der Waals surface area contributed by atoms with Crippen molar-refractivity contribution >= 4 is 33.4 Å². The molecule has 1 aromatic rings. The van der Waals surface area contributed by atoms with Gasteiger partial charge in [-0.05, 0) is 33.6 Å². The Morgan fingerprint density at radius 2 is 2.31 bits per heavy atom. The maximum absolute atomic E-state index is 11.0. The molecule has 1 rings (SSSR count). The summed E-state index contributed by atoms with van der Waals surface area (Å²) >= 11 is 9.10. The van der Waals surface area contributed by atoms with Crippen molar-refractivity contribution in [1.29, 1.82) is 0 Å². The molecule has 0 unspecified atom stereocenters. The summed E-state index contributed by atoms with van der Waals surface area (Å²) in [6.45, 7) is 0.